The third-order valence-electron chi connectivity index (χ3n) is 4.95. The normalized spacial score (nSPS) is 12.9. The van der Waals surface area contributed by atoms with Gasteiger partial charge in [-0.2, -0.15) is 13.2 Å². The van der Waals surface area contributed by atoms with Gasteiger partial charge in [0.05, 0.1) is 28.4 Å². The minimum atomic E-state index is -4.51. The van der Waals surface area contributed by atoms with Gasteiger partial charge < -0.3 is 0 Å². The fourth-order valence-corrected chi connectivity index (χ4v) is 6.69. The summed E-state index contributed by atoms with van der Waals surface area (Å²) in [5.74, 6) is -0.350. The summed E-state index contributed by atoms with van der Waals surface area (Å²) >= 11 is 9.25. The lowest BCUT2D eigenvalue weighted by atomic mass is 10.1. The molecule has 4 nitrogen and oxygen atoms in total. The highest BCUT2D eigenvalue weighted by Gasteiger charge is 2.34. The first-order chi connectivity index (χ1) is 16.3. The second-order valence-electron chi connectivity index (χ2n) is 7.15. The largest absolute Gasteiger partial charge is 0.416 e. The van der Waals surface area contributed by atoms with Crippen LogP contribution in [0.15, 0.2) is 86.9 Å². The van der Waals surface area contributed by atoms with Crippen molar-refractivity contribution in [1.29, 1.82) is 0 Å². The second-order valence-corrected chi connectivity index (χ2v) is 11.1. The molecule has 3 aromatic carbocycles. The first-order valence-corrected chi connectivity index (χ1v) is 12.9. The Labute approximate surface area is 210 Å². The Balaban J connectivity index is 1.45. The van der Waals surface area contributed by atoms with E-state index in [1.54, 1.807) is 16.8 Å². The van der Waals surface area contributed by atoms with Crippen molar-refractivity contribution < 1.29 is 18.0 Å². The van der Waals surface area contributed by atoms with Gasteiger partial charge in [0, 0.05) is 9.79 Å². The monoisotopic (exact) mass is 533 g/mol. The smallest absolute Gasteiger partial charge is 0.278 e. The van der Waals surface area contributed by atoms with E-state index in [-0.39, 0.29) is 17.3 Å². The Kier molecular flexibility index (Phi) is 6.28. The van der Waals surface area contributed by atoms with E-state index in [9.17, 15) is 18.0 Å². The number of carbonyl (C=O) groups excluding carboxylic acids is 1. The number of alkyl halides is 3. The molecule has 0 atom stereocenters. The van der Waals surface area contributed by atoms with Crippen LogP contribution in [0.25, 0.3) is 5.69 Å². The molecule has 0 bridgehead atoms. The van der Waals surface area contributed by atoms with Crippen molar-refractivity contribution in [3.63, 3.8) is 0 Å². The van der Waals surface area contributed by atoms with E-state index in [1.165, 1.54) is 45.8 Å². The summed E-state index contributed by atoms with van der Waals surface area (Å²) in [5.41, 5.74) is 0.813. The van der Waals surface area contributed by atoms with Crippen LogP contribution < -0.4 is 4.90 Å². The van der Waals surface area contributed by atoms with E-state index in [1.807, 2.05) is 42.5 Å². The summed E-state index contributed by atoms with van der Waals surface area (Å²) in [4.78, 5) is 16.1. The lowest BCUT2D eigenvalue weighted by Gasteiger charge is -2.31. The number of hydrogen-bond acceptors (Lipinski definition) is 6. The van der Waals surface area contributed by atoms with Crippen molar-refractivity contribution in [3.05, 3.63) is 82.3 Å². The average molecular weight is 534 g/mol. The summed E-state index contributed by atoms with van der Waals surface area (Å²) < 4.78 is 43.0. The number of para-hydroxylation sites is 2. The Morgan fingerprint density at radius 3 is 2.44 bits per heavy atom. The van der Waals surface area contributed by atoms with Gasteiger partial charge in [-0.25, -0.2) is 4.68 Å². The Morgan fingerprint density at radius 1 is 0.971 bits per heavy atom. The number of nitrogens with zero attached hydrogens (tertiary/aromatic N) is 3. The molecule has 0 spiro atoms. The lowest BCUT2D eigenvalue weighted by Crippen LogP contribution is -2.30. The maximum Gasteiger partial charge on any atom is 0.416 e. The molecule has 1 amide bonds. The number of rotatable bonds is 4. The van der Waals surface area contributed by atoms with Crippen LogP contribution in [0.5, 0.6) is 0 Å². The maximum absolute atomic E-state index is 13.4. The summed E-state index contributed by atoms with van der Waals surface area (Å²) in [6, 6.07) is 20.1. The van der Waals surface area contributed by atoms with E-state index in [0.29, 0.717) is 18.9 Å². The van der Waals surface area contributed by atoms with Crippen molar-refractivity contribution >= 4 is 64.4 Å². The number of benzene rings is 3. The van der Waals surface area contributed by atoms with Gasteiger partial charge in [0.2, 0.25) is 5.91 Å². The molecule has 0 aliphatic carbocycles. The number of aromatic nitrogens is 2. The molecule has 2 heterocycles. The van der Waals surface area contributed by atoms with Gasteiger partial charge in [0.15, 0.2) is 8.29 Å². The van der Waals surface area contributed by atoms with Crippen molar-refractivity contribution in [2.45, 2.75) is 20.3 Å². The van der Waals surface area contributed by atoms with E-state index in [4.69, 9.17) is 12.2 Å². The topological polar surface area (TPSA) is 38.1 Å². The molecule has 1 aromatic heterocycles. The minimum absolute atomic E-state index is 0.00817. The summed E-state index contributed by atoms with van der Waals surface area (Å²) in [6.45, 7) is 0. The van der Waals surface area contributed by atoms with Gasteiger partial charge in [0.25, 0.3) is 0 Å². The first kappa shape index (κ1) is 23.2. The standard InChI is InChI=1S/C23H14F3N3OS4/c24-23(25,26)14-10-11-19-17(12-14)28(16-8-4-5-9-18(16)33-19)20(30)13-32-21-27-29(22(31)34-21)15-6-2-1-3-7-15/h1-12H,13H2. The molecule has 11 heteroatoms. The first-order valence-electron chi connectivity index (χ1n) is 9.91. The predicted octanol–water partition coefficient (Wildman–Crippen LogP) is 7.60. The van der Waals surface area contributed by atoms with Gasteiger partial charge in [-0.3, -0.25) is 9.69 Å². The van der Waals surface area contributed by atoms with Gasteiger partial charge >= 0.3 is 6.18 Å². The van der Waals surface area contributed by atoms with Gasteiger partial charge in [-0.15, -0.1) is 5.10 Å². The minimum Gasteiger partial charge on any atom is -0.278 e. The molecule has 0 fully saturated rings. The molecule has 4 aromatic rings. The van der Waals surface area contributed by atoms with Crippen LogP contribution in [0.3, 0.4) is 0 Å². The highest BCUT2D eigenvalue weighted by molar-refractivity contribution is 8.01. The molecular formula is C23H14F3N3OS4. The maximum atomic E-state index is 13.4. The SMILES string of the molecule is O=C(CSc1nn(-c2ccccc2)c(=S)s1)N1c2ccccc2Sc2ccc(C(F)(F)F)cc21. The molecule has 0 unspecified atom stereocenters. The molecule has 5 rings (SSSR count). The van der Waals surface area contributed by atoms with E-state index in [0.717, 1.165) is 22.7 Å². The molecule has 34 heavy (non-hydrogen) atoms. The van der Waals surface area contributed by atoms with Gasteiger partial charge in [-0.1, -0.05) is 65.2 Å². The van der Waals surface area contributed by atoms with Gasteiger partial charge in [-0.05, 0) is 54.7 Å². The molecular weight excluding hydrogens is 520 g/mol. The number of fused-ring (bicyclic) bond motifs is 2. The quantitative estimate of drug-likeness (QED) is 0.199. The fraction of sp³-hybridized carbons (Fsp3) is 0.0870. The Morgan fingerprint density at radius 2 is 1.68 bits per heavy atom. The molecule has 0 saturated carbocycles. The zero-order chi connectivity index (χ0) is 23.9. The van der Waals surface area contributed by atoms with Crippen LogP contribution >= 0.6 is 47.1 Å². The molecule has 0 N–H and O–H groups in total. The number of amides is 1. The fourth-order valence-electron chi connectivity index (χ4n) is 3.44. The molecule has 0 saturated heterocycles. The van der Waals surface area contributed by atoms with E-state index >= 15 is 0 Å². The number of thioether (sulfide) groups is 1. The molecule has 1 aliphatic rings. The zero-order valence-corrected chi connectivity index (χ0v) is 20.4. The highest BCUT2D eigenvalue weighted by Crippen LogP contribution is 2.49. The summed E-state index contributed by atoms with van der Waals surface area (Å²) in [6.07, 6.45) is -4.51. The third-order valence-corrected chi connectivity index (χ3v) is 8.43. The second kappa shape index (κ2) is 9.21. The molecule has 172 valence electrons. The van der Waals surface area contributed by atoms with E-state index in [2.05, 4.69) is 5.10 Å². The van der Waals surface area contributed by atoms with Crippen molar-refractivity contribution in [2.75, 3.05) is 10.7 Å². The van der Waals surface area contributed by atoms with Crippen molar-refractivity contribution in [2.24, 2.45) is 0 Å². The zero-order valence-electron chi connectivity index (χ0n) is 17.2. The molecule has 0 radical (unpaired) electrons. The number of carbonyl (C=O) groups is 1. The third kappa shape index (κ3) is 4.52. The van der Waals surface area contributed by atoms with Crippen LogP contribution in [-0.4, -0.2) is 21.4 Å². The van der Waals surface area contributed by atoms with Crippen LogP contribution in [0, 0.1) is 3.95 Å². The van der Waals surface area contributed by atoms with E-state index < -0.39 is 11.7 Å². The van der Waals surface area contributed by atoms with Crippen LogP contribution in [0.1, 0.15) is 5.56 Å². The number of halogens is 3. The summed E-state index contributed by atoms with van der Waals surface area (Å²) in [7, 11) is 0. The van der Waals surface area contributed by atoms with Crippen molar-refractivity contribution in [3.8, 4) is 5.69 Å². The van der Waals surface area contributed by atoms with Crippen LogP contribution in [0.4, 0.5) is 24.5 Å². The number of anilines is 2. The number of hydrogen-bond donors (Lipinski definition) is 0. The van der Waals surface area contributed by atoms with Crippen LogP contribution in [0.2, 0.25) is 0 Å². The summed E-state index contributed by atoms with van der Waals surface area (Å²) in [5, 5.41) is 4.50. The molecule has 1 aliphatic heterocycles. The highest BCUT2D eigenvalue weighted by atomic mass is 32.2. The van der Waals surface area contributed by atoms with Crippen molar-refractivity contribution in [1.82, 2.24) is 9.78 Å². The Hall–Kier alpha value is -2.60. The predicted molar refractivity (Wildman–Crippen MR) is 132 cm³/mol. The van der Waals surface area contributed by atoms with Gasteiger partial charge in [0.1, 0.15) is 0 Å². The van der Waals surface area contributed by atoms with Crippen LogP contribution in [-0.2, 0) is 11.0 Å². The lowest BCUT2D eigenvalue weighted by molar-refractivity contribution is -0.137. The Bertz CT molecular complexity index is 1430. The average Bonchev–Trinajstić information content (AvgIpc) is 3.21.